The Morgan fingerprint density at radius 1 is 1.41 bits per heavy atom. The van der Waals surface area contributed by atoms with E-state index in [9.17, 15) is 13.6 Å². The van der Waals surface area contributed by atoms with Crippen molar-refractivity contribution in [3.8, 4) is 0 Å². The average Bonchev–Trinajstić information content (AvgIpc) is 3.01. The lowest BCUT2D eigenvalue weighted by molar-refractivity contribution is 0.0834. The maximum atomic E-state index is 13.1. The number of imidazole rings is 1. The molecule has 2 heterocycles. The third-order valence-electron chi connectivity index (χ3n) is 3.65. The number of hydrogen-bond donors (Lipinski definition) is 1. The zero-order chi connectivity index (χ0) is 15.5. The lowest BCUT2D eigenvalue weighted by Crippen LogP contribution is -2.41. The molecule has 1 aliphatic rings. The van der Waals surface area contributed by atoms with Gasteiger partial charge in [-0.1, -0.05) is 12.1 Å². The van der Waals surface area contributed by atoms with Gasteiger partial charge in [-0.2, -0.15) is 0 Å². The van der Waals surface area contributed by atoms with Gasteiger partial charge in [0, 0.05) is 18.7 Å². The van der Waals surface area contributed by atoms with Crippen molar-refractivity contribution in [1.82, 2.24) is 14.9 Å². The third-order valence-corrected chi connectivity index (χ3v) is 3.65. The number of aromatic nitrogens is 2. The van der Waals surface area contributed by atoms with Crippen molar-refractivity contribution >= 4 is 6.09 Å². The summed E-state index contributed by atoms with van der Waals surface area (Å²) >= 11 is 0. The van der Waals surface area contributed by atoms with Crippen LogP contribution in [-0.4, -0.2) is 40.8 Å². The van der Waals surface area contributed by atoms with E-state index in [0.29, 0.717) is 18.7 Å². The zero-order valence-electron chi connectivity index (χ0n) is 11.8. The van der Waals surface area contributed by atoms with Gasteiger partial charge in [0.1, 0.15) is 25.1 Å². The van der Waals surface area contributed by atoms with Gasteiger partial charge in [0.05, 0.1) is 12.0 Å². The molecule has 0 saturated carbocycles. The Morgan fingerprint density at radius 3 is 2.91 bits per heavy atom. The lowest BCUT2D eigenvalue weighted by atomic mass is 9.96. The molecule has 1 N–H and O–H groups in total. The molecule has 0 radical (unpaired) electrons. The third kappa shape index (κ3) is 2.66. The Hall–Kier alpha value is -2.44. The number of rotatable bonds is 3. The number of H-pyrrole nitrogens is 1. The molecule has 1 aromatic heterocycles. The summed E-state index contributed by atoms with van der Waals surface area (Å²) in [6.45, 7) is -0.588. The number of carbonyl (C=O) groups is 1. The number of ether oxygens (including phenoxy) is 1. The van der Waals surface area contributed by atoms with E-state index in [2.05, 4.69) is 9.97 Å². The second kappa shape index (κ2) is 6.13. The van der Waals surface area contributed by atoms with Gasteiger partial charge in [0.2, 0.25) is 0 Å². The van der Waals surface area contributed by atoms with Gasteiger partial charge in [0.25, 0.3) is 0 Å². The minimum absolute atomic E-state index is 0.279. The topological polar surface area (TPSA) is 58.2 Å². The highest BCUT2D eigenvalue weighted by Gasteiger charge is 2.34. The maximum Gasteiger partial charge on any atom is 0.410 e. The number of alkyl halides is 1. The minimum atomic E-state index is -0.728. The normalized spacial score (nSPS) is 17.2. The summed E-state index contributed by atoms with van der Waals surface area (Å²) in [6, 6.07) is 5.42. The molecular weight excluding hydrogens is 292 g/mol. The molecule has 0 unspecified atom stereocenters. The van der Waals surface area contributed by atoms with Crippen molar-refractivity contribution in [2.45, 2.75) is 12.5 Å². The number of nitrogens with zero attached hydrogens (tertiary/aromatic N) is 2. The summed E-state index contributed by atoms with van der Waals surface area (Å²) in [5, 5.41) is 0. The van der Waals surface area contributed by atoms with Gasteiger partial charge >= 0.3 is 6.09 Å². The number of fused-ring (bicyclic) bond motifs is 1. The van der Waals surface area contributed by atoms with Crippen molar-refractivity contribution in [1.29, 1.82) is 0 Å². The van der Waals surface area contributed by atoms with Crippen LogP contribution in [0.1, 0.15) is 23.0 Å². The first-order chi connectivity index (χ1) is 10.7. The number of hydrogen-bond acceptors (Lipinski definition) is 3. The van der Waals surface area contributed by atoms with Gasteiger partial charge in [-0.3, -0.25) is 4.90 Å². The SMILES string of the molecule is O=C(OCCF)N1CCc2[nH]cnc2[C@@H]1c1ccc(F)cc1. The molecule has 1 amide bonds. The molecule has 1 atom stereocenters. The van der Waals surface area contributed by atoms with Crippen molar-refractivity contribution in [3.63, 3.8) is 0 Å². The Bertz CT molecular complexity index is 657. The Morgan fingerprint density at radius 2 is 2.18 bits per heavy atom. The molecule has 5 nitrogen and oxygen atoms in total. The van der Waals surface area contributed by atoms with E-state index >= 15 is 0 Å². The molecule has 0 aliphatic carbocycles. The highest BCUT2D eigenvalue weighted by Crippen LogP contribution is 2.33. The van der Waals surface area contributed by atoms with Gasteiger partial charge in [-0.15, -0.1) is 0 Å². The maximum absolute atomic E-state index is 13.1. The average molecular weight is 307 g/mol. The molecule has 0 bridgehead atoms. The monoisotopic (exact) mass is 307 g/mol. The quantitative estimate of drug-likeness (QED) is 0.948. The molecule has 0 fully saturated rings. The highest BCUT2D eigenvalue weighted by molar-refractivity contribution is 5.69. The van der Waals surface area contributed by atoms with Crippen LogP contribution in [0.15, 0.2) is 30.6 Å². The summed E-state index contributed by atoms with van der Waals surface area (Å²) in [7, 11) is 0. The smallest absolute Gasteiger partial charge is 0.410 e. The van der Waals surface area contributed by atoms with Gasteiger partial charge in [-0.25, -0.2) is 18.6 Å². The van der Waals surface area contributed by atoms with E-state index < -0.39 is 18.8 Å². The van der Waals surface area contributed by atoms with Gasteiger partial charge in [-0.05, 0) is 17.7 Å². The number of carbonyl (C=O) groups excluding carboxylic acids is 1. The summed E-state index contributed by atoms with van der Waals surface area (Å²) in [5.41, 5.74) is 2.37. The molecule has 0 saturated heterocycles. The van der Waals surface area contributed by atoms with E-state index in [4.69, 9.17) is 4.74 Å². The predicted octanol–water partition coefficient (Wildman–Crippen LogP) is 2.60. The molecule has 2 aromatic rings. The Kier molecular flexibility index (Phi) is 4.04. The van der Waals surface area contributed by atoms with Crippen molar-refractivity contribution in [2.24, 2.45) is 0 Å². The van der Waals surface area contributed by atoms with Gasteiger partial charge < -0.3 is 9.72 Å². The predicted molar refractivity (Wildman–Crippen MR) is 74.6 cm³/mol. The number of benzene rings is 1. The second-order valence-electron chi connectivity index (χ2n) is 4.97. The van der Waals surface area contributed by atoms with Crippen molar-refractivity contribution < 1.29 is 18.3 Å². The largest absolute Gasteiger partial charge is 0.447 e. The number of amides is 1. The van der Waals surface area contributed by atoms with Crippen molar-refractivity contribution in [3.05, 3.63) is 53.4 Å². The first kappa shape index (κ1) is 14.5. The molecule has 0 spiro atoms. The Labute approximate surface area is 125 Å². The lowest BCUT2D eigenvalue weighted by Gasteiger charge is -2.34. The van der Waals surface area contributed by atoms with Crippen LogP contribution in [0.25, 0.3) is 0 Å². The molecule has 1 aromatic carbocycles. The number of halogens is 2. The summed E-state index contributed by atoms with van der Waals surface area (Å²) < 4.78 is 30.3. The summed E-state index contributed by atoms with van der Waals surface area (Å²) in [4.78, 5) is 21.0. The first-order valence-electron chi connectivity index (χ1n) is 6.97. The molecule has 7 heteroatoms. The minimum Gasteiger partial charge on any atom is -0.447 e. The summed E-state index contributed by atoms with van der Waals surface area (Å²) in [5.74, 6) is -0.353. The van der Waals surface area contributed by atoms with Crippen LogP contribution >= 0.6 is 0 Å². The molecule has 22 heavy (non-hydrogen) atoms. The van der Waals surface area contributed by atoms with Crippen LogP contribution in [0.3, 0.4) is 0 Å². The molecular formula is C15H15F2N3O2. The van der Waals surface area contributed by atoms with E-state index in [1.165, 1.54) is 17.0 Å². The molecule has 1 aliphatic heterocycles. The van der Waals surface area contributed by atoms with E-state index in [1.807, 2.05) is 0 Å². The number of aromatic amines is 1. The Balaban J connectivity index is 1.95. The second-order valence-corrected chi connectivity index (χ2v) is 4.97. The van der Waals surface area contributed by atoms with E-state index in [0.717, 1.165) is 11.3 Å². The fraction of sp³-hybridized carbons (Fsp3) is 0.333. The van der Waals surface area contributed by atoms with E-state index in [1.54, 1.807) is 18.5 Å². The van der Waals surface area contributed by atoms with Gasteiger partial charge in [0.15, 0.2) is 0 Å². The first-order valence-corrected chi connectivity index (χ1v) is 6.97. The zero-order valence-corrected chi connectivity index (χ0v) is 11.8. The molecule has 116 valence electrons. The fourth-order valence-electron chi connectivity index (χ4n) is 2.66. The van der Waals surface area contributed by atoms with Crippen LogP contribution in [0, 0.1) is 5.82 Å². The van der Waals surface area contributed by atoms with Crippen molar-refractivity contribution in [2.75, 3.05) is 19.8 Å². The van der Waals surface area contributed by atoms with Crippen LogP contribution < -0.4 is 0 Å². The van der Waals surface area contributed by atoms with Crippen LogP contribution in [0.5, 0.6) is 0 Å². The van der Waals surface area contributed by atoms with E-state index in [-0.39, 0.29) is 12.4 Å². The van der Waals surface area contributed by atoms with Crippen LogP contribution in [0.4, 0.5) is 13.6 Å². The van der Waals surface area contributed by atoms with Crippen LogP contribution in [-0.2, 0) is 11.2 Å². The standard InChI is InChI=1S/C15H15F2N3O2/c16-6-8-22-15(21)20-7-5-12-13(19-9-18-12)14(20)10-1-3-11(17)4-2-10/h1-4,9,14H,5-8H2,(H,18,19)/t14-/m0/s1. The fourth-order valence-corrected chi connectivity index (χ4v) is 2.66. The molecule has 3 rings (SSSR count). The summed E-state index contributed by atoms with van der Waals surface area (Å²) in [6.07, 6.45) is 1.58. The number of nitrogens with one attached hydrogen (secondary N) is 1. The van der Waals surface area contributed by atoms with Crippen LogP contribution in [0.2, 0.25) is 0 Å². The highest BCUT2D eigenvalue weighted by atomic mass is 19.1.